The fourth-order valence-electron chi connectivity index (χ4n) is 3.76. The molecule has 0 heterocycles. The van der Waals surface area contributed by atoms with E-state index in [9.17, 15) is 13.2 Å². The summed E-state index contributed by atoms with van der Waals surface area (Å²) in [7, 11) is -2.32. The zero-order valence-electron chi connectivity index (χ0n) is 20.8. The number of halogens is 1. The minimum Gasteiger partial charge on any atom is -0.497 e. The quantitative estimate of drug-likeness (QED) is 0.211. The number of sulfonamides is 1. The van der Waals surface area contributed by atoms with Crippen LogP contribution in [0.15, 0.2) is 107 Å². The molecule has 0 aliphatic heterocycles. The van der Waals surface area contributed by atoms with Crippen molar-refractivity contribution in [2.45, 2.75) is 18.4 Å². The van der Waals surface area contributed by atoms with Crippen molar-refractivity contribution >= 4 is 39.4 Å². The molecule has 0 aliphatic rings. The molecular formula is C29H26ClN3O4S. The zero-order valence-corrected chi connectivity index (χ0v) is 22.4. The lowest BCUT2D eigenvalue weighted by Crippen LogP contribution is -2.31. The smallest absolute Gasteiger partial charge is 0.271 e. The molecule has 0 atom stereocenters. The Labute approximate surface area is 227 Å². The summed E-state index contributed by atoms with van der Waals surface area (Å²) >= 11 is 6.32. The van der Waals surface area contributed by atoms with Gasteiger partial charge in [0.25, 0.3) is 15.9 Å². The number of carbonyl (C=O) groups excluding carboxylic acids is 1. The average molecular weight is 548 g/mol. The predicted molar refractivity (Wildman–Crippen MR) is 150 cm³/mol. The first-order valence-corrected chi connectivity index (χ1v) is 13.5. The van der Waals surface area contributed by atoms with Crippen molar-refractivity contribution in [3.8, 4) is 5.75 Å². The third-order valence-corrected chi connectivity index (χ3v) is 8.04. The van der Waals surface area contributed by atoms with Crippen molar-refractivity contribution in [1.29, 1.82) is 0 Å². The summed E-state index contributed by atoms with van der Waals surface area (Å²) in [6, 6.07) is 27.4. The van der Waals surface area contributed by atoms with E-state index in [-0.39, 0.29) is 11.4 Å². The molecule has 4 aromatic carbocycles. The van der Waals surface area contributed by atoms with Crippen LogP contribution in [0.5, 0.6) is 5.75 Å². The van der Waals surface area contributed by atoms with E-state index in [0.29, 0.717) is 33.1 Å². The molecule has 4 aromatic rings. The first kappa shape index (κ1) is 26.9. The zero-order chi connectivity index (χ0) is 27.1. The second-order valence-corrected chi connectivity index (χ2v) is 10.7. The molecule has 0 spiro atoms. The number of nitrogens with zero attached hydrogens (tertiary/aromatic N) is 2. The van der Waals surface area contributed by atoms with E-state index in [4.69, 9.17) is 16.3 Å². The van der Waals surface area contributed by atoms with Crippen molar-refractivity contribution in [2.24, 2.45) is 5.10 Å². The summed E-state index contributed by atoms with van der Waals surface area (Å²) < 4.78 is 33.8. The van der Waals surface area contributed by atoms with E-state index in [0.717, 1.165) is 5.56 Å². The second kappa shape index (κ2) is 11.9. The first-order valence-electron chi connectivity index (χ1n) is 11.7. The van der Waals surface area contributed by atoms with E-state index in [2.05, 4.69) is 10.5 Å². The lowest BCUT2D eigenvalue weighted by molar-refractivity contribution is 0.0955. The number of hydrogen-bond acceptors (Lipinski definition) is 5. The van der Waals surface area contributed by atoms with Crippen LogP contribution in [0.3, 0.4) is 0 Å². The van der Waals surface area contributed by atoms with Crippen molar-refractivity contribution < 1.29 is 17.9 Å². The molecular weight excluding hydrogens is 522 g/mol. The normalized spacial score (nSPS) is 11.3. The number of carbonyl (C=O) groups is 1. The number of hydrogen-bond donors (Lipinski definition) is 1. The van der Waals surface area contributed by atoms with Crippen LogP contribution in [-0.4, -0.2) is 27.6 Å². The summed E-state index contributed by atoms with van der Waals surface area (Å²) in [5.41, 5.74) is 5.48. The van der Waals surface area contributed by atoms with Gasteiger partial charge in [0.05, 0.1) is 30.5 Å². The fourth-order valence-corrected chi connectivity index (χ4v) is 5.47. The van der Waals surface area contributed by atoms with Crippen LogP contribution < -0.4 is 14.5 Å². The van der Waals surface area contributed by atoms with E-state index in [1.165, 1.54) is 10.5 Å². The summed E-state index contributed by atoms with van der Waals surface area (Å²) in [5.74, 6) is 0.294. The molecule has 9 heteroatoms. The molecule has 1 N–H and O–H groups in total. The van der Waals surface area contributed by atoms with Crippen molar-refractivity contribution in [3.63, 3.8) is 0 Å². The number of nitrogens with one attached hydrogen (secondary N) is 1. The number of methoxy groups -OCH3 is 1. The van der Waals surface area contributed by atoms with Gasteiger partial charge in [-0.15, -0.1) is 0 Å². The molecule has 194 valence electrons. The van der Waals surface area contributed by atoms with Crippen LogP contribution in [0.4, 0.5) is 5.69 Å². The van der Waals surface area contributed by atoms with Gasteiger partial charge in [0.2, 0.25) is 0 Å². The van der Waals surface area contributed by atoms with Gasteiger partial charge in [0, 0.05) is 10.6 Å². The van der Waals surface area contributed by atoms with Crippen molar-refractivity contribution in [3.05, 3.63) is 124 Å². The Bertz CT molecular complexity index is 1560. The molecule has 0 bridgehead atoms. The minimum absolute atomic E-state index is 0.0499. The van der Waals surface area contributed by atoms with E-state index < -0.39 is 15.9 Å². The highest BCUT2D eigenvalue weighted by Gasteiger charge is 2.27. The number of ether oxygens (including phenoxy) is 1. The Kier molecular flexibility index (Phi) is 8.45. The molecule has 0 saturated heterocycles. The summed E-state index contributed by atoms with van der Waals surface area (Å²) in [6.45, 7) is 1.83. The second-order valence-electron chi connectivity index (χ2n) is 8.38. The fraction of sp³-hybridized carbons (Fsp3) is 0.103. The van der Waals surface area contributed by atoms with Gasteiger partial charge in [-0.1, -0.05) is 60.1 Å². The van der Waals surface area contributed by atoms with Crippen LogP contribution in [0.1, 0.15) is 27.0 Å². The maximum Gasteiger partial charge on any atom is 0.271 e. The Hall–Kier alpha value is -4.14. The van der Waals surface area contributed by atoms with Gasteiger partial charge in [-0.05, 0) is 72.1 Å². The van der Waals surface area contributed by atoms with E-state index in [1.54, 1.807) is 92.9 Å². The SMILES string of the molecule is COc1cccc(/C=N\NC(=O)c2ccc(CN(c3cccc(Cl)c3C)S(=O)(=O)c3ccccc3)cc2)c1. The topological polar surface area (TPSA) is 88.1 Å². The molecule has 38 heavy (non-hydrogen) atoms. The maximum atomic E-state index is 13.6. The van der Waals surface area contributed by atoms with Crippen molar-refractivity contribution in [1.82, 2.24) is 5.43 Å². The minimum atomic E-state index is -3.89. The molecule has 0 aliphatic carbocycles. The molecule has 7 nitrogen and oxygen atoms in total. The monoisotopic (exact) mass is 547 g/mol. The van der Waals surface area contributed by atoms with Gasteiger partial charge in [-0.25, -0.2) is 13.8 Å². The van der Waals surface area contributed by atoms with Gasteiger partial charge >= 0.3 is 0 Å². The molecule has 1 amide bonds. The van der Waals surface area contributed by atoms with Gasteiger partial charge in [0.1, 0.15) is 5.75 Å². The highest BCUT2D eigenvalue weighted by atomic mass is 35.5. The van der Waals surface area contributed by atoms with Crippen LogP contribution in [0.2, 0.25) is 5.02 Å². The van der Waals surface area contributed by atoms with E-state index >= 15 is 0 Å². The number of rotatable bonds is 9. The summed E-state index contributed by atoms with van der Waals surface area (Å²) in [5, 5.41) is 4.48. The lowest BCUT2D eigenvalue weighted by atomic mass is 10.1. The van der Waals surface area contributed by atoms with Gasteiger partial charge in [-0.2, -0.15) is 5.10 Å². The standard InChI is InChI=1S/C29H26ClN3O4S/c1-21-27(30)12-7-13-28(21)33(38(35,36)26-10-4-3-5-11-26)20-22-14-16-24(17-15-22)29(34)32-31-19-23-8-6-9-25(18-23)37-2/h3-19H,20H2,1-2H3,(H,32,34)/b31-19-. The maximum absolute atomic E-state index is 13.6. The number of hydrazone groups is 1. The Morgan fingerprint density at radius 1 is 0.974 bits per heavy atom. The molecule has 0 aromatic heterocycles. The Morgan fingerprint density at radius 2 is 1.68 bits per heavy atom. The predicted octanol–water partition coefficient (Wildman–Crippen LogP) is 5.82. The highest BCUT2D eigenvalue weighted by Crippen LogP contribution is 2.32. The van der Waals surface area contributed by atoms with Gasteiger partial charge in [0.15, 0.2) is 0 Å². The number of anilines is 1. The van der Waals surface area contributed by atoms with Crippen LogP contribution in [-0.2, 0) is 16.6 Å². The van der Waals surface area contributed by atoms with Crippen LogP contribution in [0.25, 0.3) is 0 Å². The summed E-state index contributed by atoms with van der Waals surface area (Å²) in [4.78, 5) is 12.7. The highest BCUT2D eigenvalue weighted by molar-refractivity contribution is 7.92. The van der Waals surface area contributed by atoms with E-state index in [1.807, 2.05) is 18.2 Å². The number of benzene rings is 4. The summed E-state index contributed by atoms with van der Waals surface area (Å²) in [6.07, 6.45) is 1.52. The third kappa shape index (κ3) is 6.22. The van der Waals surface area contributed by atoms with Crippen LogP contribution >= 0.6 is 11.6 Å². The van der Waals surface area contributed by atoms with Gasteiger partial charge in [-0.3, -0.25) is 9.10 Å². The average Bonchev–Trinajstić information content (AvgIpc) is 2.94. The van der Waals surface area contributed by atoms with Crippen LogP contribution in [0, 0.1) is 6.92 Å². The molecule has 0 unspecified atom stereocenters. The third-order valence-electron chi connectivity index (χ3n) is 5.85. The molecule has 0 radical (unpaired) electrons. The molecule has 4 rings (SSSR count). The Morgan fingerprint density at radius 3 is 2.39 bits per heavy atom. The lowest BCUT2D eigenvalue weighted by Gasteiger charge is -2.26. The number of amides is 1. The molecule has 0 fully saturated rings. The van der Waals surface area contributed by atoms with Gasteiger partial charge < -0.3 is 4.74 Å². The molecule has 0 saturated carbocycles. The Balaban J connectivity index is 1.54. The largest absolute Gasteiger partial charge is 0.497 e. The first-order chi connectivity index (χ1) is 18.3. The van der Waals surface area contributed by atoms with Crippen molar-refractivity contribution in [2.75, 3.05) is 11.4 Å².